The molecule has 3 aromatic rings. The minimum absolute atomic E-state index is 0.225. The van der Waals surface area contributed by atoms with Crippen molar-refractivity contribution < 1.29 is 29.2 Å². The highest BCUT2D eigenvalue weighted by atomic mass is 16.7. The number of esters is 1. The Bertz CT molecular complexity index is 1030. The number of aliphatic hydroxyl groups is 2. The fourth-order valence-electron chi connectivity index (χ4n) is 3.32. The smallest absolute Gasteiger partial charge is 0.342 e. The first-order chi connectivity index (χ1) is 13.5. The van der Waals surface area contributed by atoms with Gasteiger partial charge in [-0.15, -0.1) is 0 Å². The fraction of sp³-hybridized carbons (Fsp3) is 0.350. The van der Waals surface area contributed by atoms with Crippen LogP contribution in [0, 0.1) is 0 Å². The Hall–Kier alpha value is -2.65. The van der Waals surface area contributed by atoms with Crippen LogP contribution in [0.5, 0.6) is 0 Å². The van der Waals surface area contributed by atoms with E-state index in [4.69, 9.17) is 14.2 Å². The molecule has 1 fully saturated rings. The Morgan fingerprint density at radius 1 is 1.00 bits per heavy atom. The van der Waals surface area contributed by atoms with E-state index in [1.165, 1.54) is 7.11 Å². The molecule has 28 heavy (non-hydrogen) atoms. The largest absolute Gasteiger partial charge is 0.429 e. The van der Waals surface area contributed by atoms with E-state index >= 15 is 0 Å². The second kappa shape index (κ2) is 7.40. The van der Waals surface area contributed by atoms with Gasteiger partial charge in [0.2, 0.25) is 6.29 Å². The second-order valence-corrected chi connectivity index (χ2v) is 6.68. The monoisotopic (exact) mass is 384 g/mol. The number of para-hydroxylation sites is 3. The maximum atomic E-state index is 12.8. The number of hydrogen-bond acceptors (Lipinski definition) is 8. The predicted octanol–water partition coefficient (Wildman–Crippen LogP) is 1.42. The van der Waals surface area contributed by atoms with Crippen LogP contribution >= 0.6 is 0 Å². The van der Waals surface area contributed by atoms with E-state index in [1.807, 2.05) is 24.3 Å². The Morgan fingerprint density at radius 2 is 1.68 bits per heavy atom. The molecule has 1 aromatic heterocycles. The van der Waals surface area contributed by atoms with Crippen molar-refractivity contribution >= 4 is 28.0 Å². The SMILES string of the molecule is CO[C@H]1[C@H](OC(=O)c2cccc3nc4ccccc4nc23)O[C@@H](C)[C@H](O)[C@H]1O. The third kappa shape index (κ3) is 3.20. The van der Waals surface area contributed by atoms with Gasteiger partial charge in [-0.25, -0.2) is 14.8 Å². The molecule has 8 heteroatoms. The minimum atomic E-state index is -1.25. The summed E-state index contributed by atoms with van der Waals surface area (Å²) in [7, 11) is 1.34. The van der Waals surface area contributed by atoms with E-state index in [0.717, 1.165) is 5.52 Å². The summed E-state index contributed by atoms with van der Waals surface area (Å²) in [5.41, 5.74) is 2.57. The van der Waals surface area contributed by atoms with Crippen molar-refractivity contribution in [3.63, 3.8) is 0 Å². The van der Waals surface area contributed by atoms with Gasteiger partial charge in [0.1, 0.15) is 23.8 Å². The first kappa shape index (κ1) is 18.7. The molecule has 146 valence electrons. The number of aromatic nitrogens is 2. The maximum Gasteiger partial charge on any atom is 0.342 e. The topological polar surface area (TPSA) is 111 Å². The van der Waals surface area contributed by atoms with Crippen molar-refractivity contribution in [1.82, 2.24) is 9.97 Å². The van der Waals surface area contributed by atoms with Crippen LogP contribution in [0.25, 0.3) is 22.1 Å². The van der Waals surface area contributed by atoms with E-state index in [0.29, 0.717) is 16.6 Å². The average Bonchev–Trinajstić information content (AvgIpc) is 2.70. The molecule has 2 heterocycles. The van der Waals surface area contributed by atoms with Crippen LogP contribution in [0.4, 0.5) is 0 Å². The summed E-state index contributed by atoms with van der Waals surface area (Å²) in [5, 5.41) is 20.1. The van der Waals surface area contributed by atoms with Crippen molar-refractivity contribution in [3.05, 3.63) is 48.0 Å². The van der Waals surface area contributed by atoms with Gasteiger partial charge in [-0.3, -0.25) is 0 Å². The summed E-state index contributed by atoms with van der Waals surface area (Å²) in [6, 6.07) is 12.4. The second-order valence-electron chi connectivity index (χ2n) is 6.68. The van der Waals surface area contributed by atoms with Gasteiger partial charge in [0.05, 0.1) is 28.2 Å². The molecular weight excluding hydrogens is 364 g/mol. The number of carbonyl (C=O) groups is 1. The van der Waals surface area contributed by atoms with Gasteiger partial charge in [0, 0.05) is 7.11 Å². The lowest BCUT2D eigenvalue weighted by Crippen LogP contribution is -2.58. The quantitative estimate of drug-likeness (QED) is 0.515. The molecule has 8 nitrogen and oxygen atoms in total. The van der Waals surface area contributed by atoms with Crippen molar-refractivity contribution in [2.24, 2.45) is 0 Å². The molecule has 4 rings (SSSR count). The lowest BCUT2D eigenvalue weighted by atomic mass is 10.00. The third-order valence-corrected chi connectivity index (χ3v) is 4.87. The zero-order chi connectivity index (χ0) is 19.8. The Balaban J connectivity index is 1.68. The molecule has 0 aliphatic carbocycles. The molecule has 1 aliphatic rings. The normalized spacial score (nSPS) is 27.8. The van der Waals surface area contributed by atoms with E-state index in [9.17, 15) is 15.0 Å². The number of benzene rings is 2. The Kier molecular flexibility index (Phi) is 4.94. The molecule has 0 radical (unpaired) electrons. The van der Waals surface area contributed by atoms with Crippen molar-refractivity contribution in [2.75, 3.05) is 7.11 Å². The summed E-state index contributed by atoms with van der Waals surface area (Å²) < 4.78 is 16.2. The van der Waals surface area contributed by atoms with E-state index in [2.05, 4.69) is 9.97 Å². The molecule has 0 bridgehead atoms. The Morgan fingerprint density at radius 3 is 2.39 bits per heavy atom. The van der Waals surface area contributed by atoms with E-state index < -0.39 is 36.7 Å². The number of hydrogen-bond donors (Lipinski definition) is 2. The Labute approximate surface area is 160 Å². The number of methoxy groups -OCH3 is 1. The molecule has 5 atom stereocenters. The number of nitrogens with zero attached hydrogens (tertiary/aromatic N) is 2. The summed E-state index contributed by atoms with van der Waals surface area (Å²) >= 11 is 0. The highest BCUT2D eigenvalue weighted by molar-refractivity contribution is 6.03. The van der Waals surface area contributed by atoms with Crippen molar-refractivity contribution in [3.8, 4) is 0 Å². The first-order valence-corrected chi connectivity index (χ1v) is 8.90. The van der Waals surface area contributed by atoms with Crippen LogP contribution in [0.1, 0.15) is 17.3 Å². The van der Waals surface area contributed by atoms with Gasteiger partial charge in [0.25, 0.3) is 0 Å². The van der Waals surface area contributed by atoms with Crippen LogP contribution in [0.2, 0.25) is 0 Å². The molecule has 0 saturated carbocycles. The van der Waals surface area contributed by atoms with Gasteiger partial charge < -0.3 is 24.4 Å². The first-order valence-electron chi connectivity index (χ1n) is 8.90. The minimum Gasteiger partial charge on any atom is -0.429 e. The van der Waals surface area contributed by atoms with Crippen molar-refractivity contribution in [2.45, 2.75) is 37.6 Å². The zero-order valence-electron chi connectivity index (χ0n) is 15.4. The highest BCUT2D eigenvalue weighted by Gasteiger charge is 2.45. The predicted molar refractivity (Wildman–Crippen MR) is 99.6 cm³/mol. The average molecular weight is 384 g/mol. The number of rotatable bonds is 3. The number of carbonyl (C=O) groups excluding carboxylic acids is 1. The molecular formula is C20H20N2O6. The van der Waals surface area contributed by atoms with Crippen LogP contribution in [-0.2, 0) is 14.2 Å². The van der Waals surface area contributed by atoms with Gasteiger partial charge in [-0.1, -0.05) is 18.2 Å². The lowest BCUT2D eigenvalue weighted by molar-refractivity contribution is -0.281. The van der Waals surface area contributed by atoms with Crippen LogP contribution < -0.4 is 0 Å². The molecule has 0 spiro atoms. The molecule has 1 aliphatic heterocycles. The standard InChI is InChI=1S/C20H20N2O6/c1-10-16(23)17(24)18(26-2)20(27-10)28-19(25)11-6-5-9-14-15(11)22-13-8-4-3-7-12(13)21-14/h3-10,16-18,20,23-24H,1-2H3/t10-,16-,17+,18+,20-/m0/s1. The van der Waals surface area contributed by atoms with Gasteiger partial charge in [0.15, 0.2) is 0 Å². The van der Waals surface area contributed by atoms with Crippen molar-refractivity contribution in [1.29, 1.82) is 0 Å². The van der Waals surface area contributed by atoms with Gasteiger partial charge in [-0.05, 0) is 31.2 Å². The fourth-order valence-corrected chi connectivity index (χ4v) is 3.32. The summed E-state index contributed by atoms with van der Waals surface area (Å²) in [6.07, 6.45) is -5.31. The number of ether oxygens (including phenoxy) is 3. The molecule has 2 N–H and O–H groups in total. The summed E-state index contributed by atoms with van der Waals surface area (Å²) in [5.74, 6) is -0.682. The molecule has 0 unspecified atom stereocenters. The highest BCUT2D eigenvalue weighted by Crippen LogP contribution is 2.26. The van der Waals surface area contributed by atoms with Gasteiger partial charge in [-0.2, -0.15) is 0 Å². The molecule has 0 amide bonds. The van der Waals surface area contributed by atoms with Crippen LogP contribution in [0.15, 0.2) is 42.5 Å². The number of aliphatic hydroxyl groups excluding tert-OH is 2. The summed E-state index contributed by atoms with van der Waals surface area (Å²) in [6.45, 7) is 1.58. The van der Waals surface area contributed by atoms with E-state index in [-0.39, 0.29) is 5.56 Å². The third-order valence-electron chi connectivity index (χ3n) is 4.87. The lowest BCUT2D eigenvalue weighted by Gasteiger charge is -2.40. The van der Waals surface area contributed by atoms with Crippen LogP contribution in [0.3, 0.4) is 0 Å². The molecule has 2 aromatic carbocycles. The maximum absolute atomic E-state index is 12.8. The zero-order valence-corrected chi connectivity index (χ0v) is 15.4. The summed E-state index contributed by atoms with van der Waals surface area (Å²) in [4.78, 5) is 21.9. The van der Waals surface area contributed by atoms with Gasteiger partial charge >= 0.3 is 5.97 Å². The van der Waals surface area contributed by atoms with E-state index in [1.54, 1.807) is 25.1 Å². The van der Waals surface area contributed by atoms with Crippen LogP contribution in [-0.4, -0.2) is 64.0 Å². The molecule has 1 saturated heterocycles. The number of fused-ring (bicyclic) bond motifs is 2.